The van der Waals surface area contributed by atoms with Crippen molar-refractivity contribution >= 4 is 43.2 Å². The molecule has 2 heterocycles. The van der Waals surface area contributed by atoms with Crippen LogP contribution in [-0.4, -0.2) is 9.55 Å². The van der Waals surface area contributed by atoms with Crippen LogP contribution in [0.3, 0.4) is 0 Å². The van der Waals surface area contributed by atoms with E-state index in [1.807, 2.05) is 44.2 Å². The van der Waals surface area contributed by atoms with E-state index < -0.39 is 0 Å². The maximum Gasteiger partial charge on any atom is 0.266 e. The average Bonchev–Trinajstić information content (AvgIpc) is 2.64. The van der Waals surface area contributed by atoms with Crippen LogP contribution in [0.2, 0.25) is 5.02 Å². The lowest BCUT2D eigenvalue weighted by Crippen LogP contribution is -2.28. The second kappa shape index (κ2) is 6.91. The predicted molar refractivity (Wildman–Crippen MR) is 113 cm³/mol. The second-order valence-electron chi connectivity index (χ2n) is 6.83. The van der Waals surface area contributed by atoms with E-state index in [-0.39, 0.29) is 22.3 Å². The zero-order chi connectivity index (χ0) is 19.1. The summed E-state index contributed by atoms with van der Waals surface area (Å²) in [6.07, 6.45) is 0. The van der Waals surface area contributed by atoms with Gasteiger partial charge in [0.1, 0.15) is 16.0 Å². The van der Waals surface area contributed by atoms with Crippen molar-refractivity contribution in [3.63, 3.8) is 0 Å². The van der Waals surface area contributed by atoms with Crippen molar-refractivity contribution in [3.05, 3.63) is 74.1 Å². The Kier molecular flexibility index (Phi) is 4.58. The van der Waals surface area contributed by atoms with Gasteiger partial charge in [-0.15, -0.1) is 11.3 Å². The van der Waals surface area contributed by atoms with E-state index in [0.29, 0.717) is 33.2 Å². The summed E-state index contributed by atoms with van der Waals surface area (Å²) < 4.78 is 2.39. The molecule has 0 saturated carbocycles. The van der Waals surface area contributed by atoms with Gasteiger partial charge in [0.25, 0.3) is 5.56 Å². The van der Waals surface area contributed by atoms with Gasteiger partial charge in [-0.2, -0.15) is 0 Å². The Bertz CT molecular complexity index is 1290. The number of rotatable bonds is 3. The molecule has 2 aromatic carbocycles. The minimum atomic E-state index is -0.310. The molecule has 0 aliphatic rings. The molecule has 2 aromatic heterocycles. The molecule has 0 fully saturated rings. The number of benzene rings is 2. The predicted octanol–water partition coefficient (Wildman–Crippen LogP) is 4.95. The molecule has 0 aliphatic heterocycles. The van der Waals surface area contributed by atoms with Crippen molar-refractivity contribution in [3.8, 4) is 11.4 Å². The highest BCUT2D eigenvalue weighted by atomic mass is 35.5. The van der Waals surface area contributed by atoms with Crippen LogP contribution in [0.25, 0.3) is 31.7 Å². The molecule has 0 radical (unpaired) electrons. The number of hydrogen-bond acceptors (Lipinski definition) is 4. The Balaban J connectivity index is 2.17. The highest BCUT2D eigenvalue weighted by molar-refractivity contribution is 7.24. The highest BCUT2D eigenvalue weighted by Crippen LogP contribution is 2.29. The van der Waals surface area contributed by atoms with Gasteiger partial charge in [-0.05, 0) is 30.2 Å². The fourth-order valence-electron chi connectivity index (χ4n) is 3.17. The molecular weight excluding hydrogens is 380 g/mol. The Morgan fingerprint density at radius 2 is 1.78 bits per heavy atom. The fourth-order valence-corrected chi connectivity index (χ4v) is 4.43. The van der Waals surface area contributed by atoms with E-state index in [4.69, 9.17) is 16.6 Å². The van der Waals surface area contributed by atoms with Crippen LogP contribution in [-0.2, 0) is 6.54 Å². The minimum Gasteiger partial charge on any atom is -0.292 e. The van der Waals surface area contributed by atoms with Crippen molar-refractivity contribution in [2.45, 2.75) is 20.4 Å². The van der Waals surface area contributed by atoms with E-state index in [1.165, 1.54) is 11.3 Å². The molecule has 0 saturated heterocycles. The second-order valence-corrected chi connectivity index (χ2v) is 8.27. The average molecular weight is 397 g/mol. The Morgan fingerprint density at radius 1 is 1.07 bits per heavy atom. The molecule has 4 rings (SSSR count). The summed E-state index contributed by atoms with van der Waals surface area (Å²) in [6.45, 7) is 4.50. The first-order valence-corrected chi connectivity index (χ1v) is 9.88. The number of hydrogen-bond donors (Lipinski definition) is 0. The van der Waals surface area contributed by atoms with Gasteiger partial charge in [0.05, 0.1) is 5.02 Å². The van der Waals surface area contributed by atoms with Gasteiger partial charge < -0.3 is 0 Å². The van der Waals surface area contributed by atoms with Crippen LogP contribution >= 0.6 is 22.9 Å². The quantitative estimate of drug-likeness (QED) is 0.460. The molecule has 0 unspecified atom stereocenters. The summed E-state index contributed by atoms with van der Waals surface area (Å²) in [5.74, 6) is 0.708. The number of nitrogens with zero attached hydrogens (tertiary/aromatic N) is 2. The third-order valence-corrected chi connectivity index (χ3v) is 5.76. The summed E-state index contributed by atoms with van der Waals surface area (Å²) in [5, 5.41) is 1.22. The number of fused-ring (bicyclic) bond motifs is 2. The first-order valence-electron chi connectivity index (χ1n) is 8.68. The Labute approximate surface area is 164 Å². The molecule has 6 heteroatoms. The molecule has 0 aliphatic carbocycles. The van der Waals surface area contributed by atoms with Gasteiger partial charge in [-0.1, -0.05) is 49.7 Å². The van der Waals surface area contributed by atoms with E-state index >= 15 is 0 Å². The van der Waals surface area contributed by atoms with Gasteiger partial charge >= 0.3 is 0 Å². The molecule has 136 valence electrons. The van der Waals surface area contributed by atoms with Crippen LogP contribution in [0, 0.1) is 5.92 Å². The first-order chi connectivity index (χ1) is 13.0. The number of halogens is 1. The standard InChI is InChI=1S/C21H17ClN2O2S/c1-12(2)11-24-19(13-7-3-5-9-15(13)22)23-20-17(21(24)26)18(25)14-8-4-6-10-16(14)27-20/h3-10,12H,11H2,1-2H3. The largest absolute Gasteiger partial charge is 0.292 e. The van der Waals surface area contributed by atoms with E-state index in [0.717, 1.165) is 4.70 Å². The smallest absolute Gasteiger partial charge is 0.266 e. The lowest BCUT2D eigenvalue weighted by atomic mass is 10.1. The van der Waals surface area contributed by atoms with Crippen molar-refractivity contribution in [1.82, 2.24) is 9.55 Å². The van der Waals surface area contributed by atoms with Crippen molar-refractivity contribution < 1.29 is 0 Å². The SMILES string of the molecule is CC(C)Cn1c(-c2ccccc2Cl)nc2sc3ccccc3c(=O)c2c1=O. The summed E-state index contributed by atoms with van der Waals surface area (Å²) in [6, 6.07) is 14.6. The van der Waals surface area contributed by atoms with Gasteiger partial charge in [-0.25, -0.2) is 4.98 Å². The maximum absolute atomic E-state index is 13.3. The Hall–Kier alpha value is -2.50. The zero-order valence-electron chi connectivity index (χ0n) is 14.9. The van der Waals surface area contributed by atoms with Gasteiger partial charge in [0.15, 0.2) is 0 Å². The third-order valence-electron chi connectivity index (χ3n) is 4.36. The monoisotopic (exact) mass is 396 g/mol. The van der Waals surface area contributed by atoms with Crippen molar-refractivity contribution in [2.75, 3.05) is 0 Å². The van der Waals surface area contributed by atoms with Crippen molar-refractivity contribution in [2.24, 2.45) is 5.92 Å². The summed E-state index contributed by atoms with van der Waals surface area (Å²) in [5.41, 5.74) is 0.113. The van der Waals surface area contributed by atoms with Crippen LogP contribution in [0.15, 0.2) is 58.1 Å². The fraction of sp³-hybridized carbons (Fsp3) is 0.190. The van der Waals surface area contributed by atoms with Crippen LogP contribution < -0.4 is 11.0 Å². The first kappa shape index (κ1) is 17.9. The number of aromatic nitrogens is 2. The molecule has 0 bridgehead atoms. The van der Waals surface area contributed by atoms with E-state index in [9.17, 15) is 9.59 Å². The highest BCUT2D eigenvalue weighted by Gasteiger charge is 2.19. The minimum absolute atomic E-state index is 0.148. The van der Waals surface area contributed by atoms with Crippen LogP contribution in [0.1, 0.15) is 13.8 Å². The van der Waals surface area contributed by atoms with E-state index in [1.54, 1.807) is 22.8 Å². The normalized spacial score (nSPS) is 11.6. The molecule has 4 nitrogen and oxygen atoms in total. The molecule has 27 heavy (non-hydrogen) atoms. The van der Waals surface area contributed by atoms with Gasteiger partial charge in [0.2, 0.25) is 5.43 Å². The van der Waals surface area contributed by atoms with Crippen LogP contribution in [0.5, 0.6) is 0 Å². The summed E-state index contributed by atoms with van der Waals surface area (Å²) in [4.78, 5) is 31.5. The summed E-state index contributed by atoms with van der Waals surface area (Å²) in [7, 11) is 0. The topological polar surface area (TPSA) is 52.0 Å². The molecule has 0 spiro atoms. The third kappa shape index (κ3) is 3.07. The molecule has 0 amide bonds. The zero-order valence-corrected chi connectivity index (χ0v) is 16.5. The Morgan fingerprint density at radius 3 is 2.52 bits per heavy atom. The molecular formula is C21H17ClN2O2S. The van der Waals surface area contributed by atoms with E-state index in [2.05, 4.69) is 0 Å². The summed E-state index contributed by atoms with van der Waals surface area (Å²) >= 11 is 7.74. The van der Waals surface area contributed by atoms with Gasteiger partial charge in [0, 0.05) is 22.2 Å². The molecule has 0 atom stereocenters. The lowest BCUT2D eigenvalue weighted by molar-refractivity contribution is 0.513. The molecule has 4 aromatic rings. The van der Waals surface area contributed by atoms with Gasteiger partial charge in [-0.3, -0.25) is 14.2 Å². The van der Waals surface area contributed by atoms with Crippen LogP contribution in [0.4, 0.5) is 0 Å². The molecule has 0 N–H and O–H groups in total. The van der Waals surface area contributed by atoms with Crippen molar-refractivity contribution in [1.29, 1.82) is 0 Å². The maximum atomic E-state index is 13.3. The lowest BCUT2D eigenvalue weighted by Gasteiger charge is -2.16.